The molecule has 0 unspecified atom stereocenters. The highest BCUT2D eigenvalue weighted by Gasteiger charge is 2.21. The van der Waals surface area contributed by atoms with Crippen LogP contribution >= 0.6 is 0 Å². The number of rotatable bonds is 5. The predicted molar refractivity (Wildman–Crippen MR) is 59.8 cm³/mol. The molecule has 82 valence electrons. The first-order chi connectivity index (χ1) is 7.29. The van der Waals surface area contributed by atoms with Crippen molar-refractivity contribution in [2.45, 2.75) is 19.4 Å². The van der Waals surface area contributed by atoms with E-state index in [1.165, 1.54) is 12.8 Å². The molecule has 15 heavy (non-hydrogen) atoms. The van der Waals surface area contributed by atoms with Gasteiger partial charge < -0.3 is 15.2 Å². The van der Waals surface area contributed by atoms with Gasteiger partial charge in [-0.15, -0.1) is 0 Å². The molecule has 0 saturated heterocycles. The summed E-state index contributed by atoms with van der Waals surface area (Å²) in [6.45, 7) is 1.48. The van der Waals surface area contributed by atoms with Crippen LogP contribution < -0.4 is 10.5 Å². The molecule has 0 atom stereocenters. The summed E-state index contributed by atoms with van der Waals surface area (Å²) in [4.78, 5) is 0. The zero-order valence-electron chi connectivity index (χ0n) is 9.03. The Morgan fingerprint density at radius 2 is 2.20 bits per heavy atom. The second-order valence-corrected chi connectivity index (χ2v) is 4.03. The van der Waals surface area contributed by atoms with Gasteiger partial charge in [-0.1, -0.05) is 6.07 Å². The first-order valence-corrected chi connectivity index (χ1v) is 5.29. The molecule has 1 aromatic carbocycles. The number of benzene rings is 1. The minimum atomic E-state index is 0.611. The summed E-state index contributed by atoms with van der Waals surface area (Å²) in [6.07, 6.45) is 2.64. The maximum absolute atomic E-state index is 5.67. The molecule has 3 nitrogen and oxygen atoms in total. The number of ether oxygens (including phenoxy) is 2. The Hall–Kier alpha value is -1.22. The van der Waals surface area contributed by atoms with Gasteiger partial charge in [-0.3, -0.25) is 0 Å². The van der Waals surface area contributed by atoms with Crippen molar-refractivity contribution in [3.05, 3.63) is 23.8 Å². The third kappa shape index (κ3) is 2.86. The van der Waals surface area contributed by atoms with Gasteiger partial charge in [0, 0.05) is 23.9 Å². The van der Waals surface area contributed by atoms with E-state index in [9.17, 15) is 0 Å². The van der Waals surface area contributed by atoms with E-state index in [2.05, 4.69) is 0 Å². The summed E-state index contributed by atoms with van der Waals surface area (Å²) in [7, 11) is 1.65. The third-order valence-corrected chi connectivity index (χ3v) is 2.62. The van der Waals surface area contributed by atoms with Crippen molar-refractivity contribution < 1.29 is 9.47 Å². The molecule has 0 bridgehead atoms. The van der Waals surface area contributed by atoms with Crippen LogP contribution in [0.5, 0.6) is 5.75 Å². The lowest BCUT2D eigenvalue weighted by Gasteiger charge is -2.09. The molecular formula is C12H17NO2. The van der Waals surface area contributed by atoms with Crippen LogP contribution in [0.15, 0.2) is 18.2 Å². The molecule has 3 heteroatoms. The van der Waals surface area contributed by atoms with E-state index in [1.54, 1.807) is 7.11 Å². The normalized spacial score (nSPS) is 15.3. The van der Waals surface area contributed by atoms with Gasteiger partial charge in [0.1, 0.15) is 5.75 Å². The quantitative estimate of drug-likeness (QED) is 0.753. The Labute approximate surface area is 90.2 Å². The molecule has 0 radical (unpaired) electrons. The highest BCUT2D eigenvalue weighted by molar-refractivity contribution is 5.48. The fraction of sp³-hybridized carbons (Fsp3) is 0.500. The Morgan fingerprint density at radius 3 is 2.87 bits per heavy atom. The zero-order valence-corrected chi connectivity index (χ0v) is 9.03. The van der Waals surface area contributed by atoms with E-state index in [4.69, 9.17) is 15.2 Å². The lowest BCUT2D eigenvalue weighted by Crippen LogP contribution is -2.00. The summed E-state index contributed by atoms with van der Waals surface area (Å²) in [6, 6.07) is 5.66. The zero-order chi connectivity index (χ0) is 10.7. The molecule has 0 spiro atoms. The van der Waals surface area contributed by atoms with Crippen molar-refractivity contribution in [2.24, 2.45) is 5.92 Å². The summed E-state index contributed by atoms with van der Waals surface area (Å²) in [5.41, 5.74) is 7.45. The van der Waals surface area contributed by atoms with Crippen LogP contribution in [0, 0.1) is 5.92 Å². The monoisotopic (exact) mass is 207 g/mol. The molecule has 0 amide bonds. The standard InChI is InChI=1S/C12H17NO2/c1-14-12-6-11(13)5-4-10(12)8-15-7-9-2-3-9/h4-6,9H,2-3,7-8,13H2,1H3. The van der Waals surface area contributed by atoms with Crippen LogP contribution in [0.3, 0.4) is 0 Å². The SMILES string of the molecule is COc1cc(N)ccc1COCC1CC1. The number of anilines is 1. The fourth-order valence-electron chi connectivity index (χ4n) is 1.50. The molecule has 2 N–H and O–H groups in total. The van der Waals surface area contributed by atoms with Gasteiger partial charge in [0.15, 0.2) is 0 Å². The van der Waals surface area contributed by atoms with Crippen LogP contribution in [0.4, 0.5) is 5.69 Å². The molecule has 1 saturated carbocycles. The maximum Gasteiger partial charge on any atom is 0.126 e. The van der Waals surface area contributed by atoms with Crippen molar-refractivity contribution in [1.82, 2.24) is 0 Å². The van der Waals surface area contributed by atoms with Gasteiger partial charge in [-0.2, -0.15) is 0 Å². The second kappa shape index (κ2) is 4.53. The largest absolute Gasteiger partial charge is 0.496 e. The minimum absolute atomic E-state index is 0.611. The number of hydrogen-bond acceptors (Lipinski definition) is 3. The van der Waals surface area contributed by atoms with E-state index in [1.807, 2.05) is 18.2 Å². The molecule has 0 heterocycles. The molecule has 1 aliphatic rings. The van der Waals surface area contributed by atoms with Gasteiger partial charge in [-0.25, -0.2) is 0 Å². The molecule has 0 aliphatic heterocycles. The van der Waals surface area contributed by atoms with Crippen molar-refractivity contribution in [2.75, 3.05) is 19.5 Å². The van der Waals surface area contributed by atoms with E-state index < -0.39 is 0 Å². The van der Waals surface area contributed by atoms with E-state index in [0.29, 0.717) is 6.61 Å². The van der Waals surface area contributed by atoms with Crippen molar-refractivity contribution >= 4 is 5.69 Å². The molecule has 1 fully saturated rings. The minimum Gasteiger partial charge on any atom is -0.496 e. The molecule has 1 aromatic rings. The van der Waals surface area contributed by atoms with Crippen molar-refractivity contribution in [3.8, 4) is 5.75 Å². The van der Waals surface area contributed by atoms with Gasteiger partial charge >= 0.3 is 0 Å². The Bertz CT molecular complexity index is 334. The molecule has 1 aliphatic carbocycles. The van der Waals surface area contributed by atoms with E-state index in [0.717, 1.165) is 29.5 Å². The summed E-state index contributed by atoms with van der Waals surface area (Å²) in [5.74, 6) is 1.61. The average Bonchev–Trinajstić information content (AvgIpc) is 3.04. The maximum atomic E-state index is 5.67. The van der Waals surface area contributed by atoms with Crippen molar-refractivity contribution in [3.63, 3.8) is 0 Å². The van der Waals surface area contributed by atoms with Gasteiger partial charge in [0.2, 0.25) is 0 Å². The van der Waals surface area contributed by atoms with Crippen LogP contribution in [0.2, 0.25) is 0 Å². The number of hydrogen-bond donors (Lipinski definition) is 1. The number of methoxy groups -OCH3 is 1. The van der Waals surface area contributed by atoms with Crippen LogP contribution in [-0.4, -0.2) is 13.7 Å². The van der Waals surface area contributed by atoms with Crippen LogP contribution in [0.25, 0.3) is 0 Å². The Morgan fingerprint density at radius 1 is 1.40 bits per heavy atom. The lowest BCUT2D eigenvalue weighted by molar-refractivity contribution is 0.109. The molecular weight excluding hydrogens is 190 g/mol. The summed E-state index contributed by atoms with van der Waals surface area (Å²) in [5, 5.41) is 0. The third-order valence-electron chi connectivity index (χ3n) is 2.62. The highest BCUT2D eigenvalue weighted by Crippen LogP contribution is 2.29. The van der Waals surface area contributed by atoms with Crippen LogP contribution in [-0.2, 0) is 11.3 Å². The van der Waals surface area contributed by atoms with Crippen molar-refractivity contribution in [1.29, 1.82) is 0 Å². The molecule has 2 rings (SSSR count). The summed E-state index contributed by atoms with van der Waals surface area (Å²) < 4.78 is 10.8. The first-order valence-electron chi connectivity index (χ1n) is 5.29. The lowest BCUT2D eigenvalue weighted by atomic mass is 10.2. The van der Waals surface area contributed by atoms with Crippen LogP contribution in [0.1, 0.15) is 18.4 Å². The average molecular weight is 207 g/mol. The van der Waals surface area contributed by atoms with E-state index in [-0.39, 0.29) is 0 Å². The number of nitrogens with two attached hydrogens (primary N) is 1. The molecule has 0 aromatic heterocycles. The van der Waals surface area contributed by atoms with Gasteiger partial charge in [-0.05, 0) is 24.8 Å². The smallest absolute Gasteiger partial charge is 0.126 e. The van der Waals surface area contributed by atoms with Gasteiger partial charge in [0.05, 0.1) is 13.7 Å². The first kappa shape index (κ1) is 10.3. The van der Waals surface area contributed by atoms with Gasteiger partial charge in [0.25, 0.3) is 0 Å². The highest BCUT2D eigenvalue weighted by atomic mass is 16.5. The fourth-order valence-corrected chi connectivity index (χ4v) is 1.50. The Balaban J connectivity index is 1.92. The summed E-state index contributed by atoms with van der Waals surface area (Å²) >= 11 is 0. The predicted octanol–water partition coefficient (Wildman–Crippen LogP) is 2.20. The Kier molecular flexibility index (Phi) is 3.11. The second-order valence-electron chi connectivity index (χ2n) is 4.03. The van der Waals surface area contributed by atoms with E-state index >= 15 is 0 Å². The number of nitrogen functional groups attached to an aromatic ring is 1. The topological polar surface area (TPSA) is 44.5 Å².